The van der Waals surface area contributed by atoms with Crippen LogP contribution in [0, 0.1) is 11.7 Å². The first-order valence-electron chi connectivity index (χ1n) is 9.55. The molecule has 0 bridgehead atoms. The van der Waals surface area contributed by atoms with Crippen molar-refractivity contribution in [1.82, 2.24) is 4.72 Å². The molecule has 1 unspecified atom stereocenters. The molecule has 10 heteroatoms. The molecule has 1 atom stereocenters. The Morgan fingerprint density at radius 1 is 1.06 bits per heavy atom. The van der Waals surface area contributed by atoms with E-state index in [0.29, 0.717) is 6.54 Å². The minimum Gasteiger partial charge on any atom is -0.465 e. The Labute approximate surface area is 180 Å². The summed E-state index contributed by atoms with van der Waals surface area (Å²) >= 11 is 0. The number of methoxy groups -OCH3 is 2. The van der Waals surface area contributed by atoms with Gasteiger partial charge in [0.05, 0.1) is 30.2 Å². The number of carbonyl (C=O) groups is 2. The molecule has 8 nitrogen and oxygen atoms in total. The van der Waals surface area contributed by atoms with Crippen LogP contribution in [0.15, 0.2) is 47.4 Å². The number of benzene rings is 2. The lowest BCUT2D eigenvalue weighted by atomic mass is 10.1. The average molecular weight is 450 g/mol. The summed E-state index contributed by atoms with van der Waals surface area (Å²) in [5, 5.41) is 0. The Morgan fingerprint density at radius 2 is 1.65 bits per heavy atom. The van der Waals surface area contributed by atoms with E-state index in [4.69, 9.17) is 0 Å². The maximum Gasteiger partial charge on any atom is 0.337 e. The van der Waals surface area contributed by atoms with Crippen molar-refractivity contribution in [3.8, 4) is 0 Å². The average Bonchev–Trinajstić information content (AvgIpc) is 3.26. The SMILES string of the molecule is COC(=O)c1cc(C(=O)OC)cc(S(=O)(=O)NCC2CCN(c3ccc(F)cc3)C2)c1. The quantitative estimate of drug-likeness (QED) is 0.645. The molecular formula is C21H23FN2O6S. The predicted octanol–water partition coefficient (Wildman–Crippen LogP) is 2.20. The third-order valence-electron chi connectivity index (χ3n) is 5.10. The summed E-state index contributed by atoms with van der Waals surface area (Å²) in [4.78, 5) is 25.6. The van der Waals surface area contributed by atoms with Gasteiger partial charge < -0.3 is 14.4 Å². The molecule has 31 heavy (non-hydrogen) atoms. The summed E-state index contributed by atoms with van der Waals surface area (Å²) in [6.07, 6.45) is 0.759. The van der Waals surface area contributed by atoms with E-state index in [9.17, 15) is 22.4 Å². The maximum atomic E-state index is 13.1. The zero-order chi connectivity index (χ0) is 22.6. The van der Waals surface area contributed by atoms with Crippen LogP contribution in [0.25, 0.3) is 0 Å². The van der Waals surface area contributed by atoms with Crippen molar-refractivity contribution < 1.29 is 31.9 Å². The number of halogens is 1. The number of nitrogens with zero attached hydrogens (tertiary/aromatic N) is 1. The van der Waals surface area contributed by atoms with Crippen molar-refractivity contribution >= 4 is 27.6 Å². The number of sulfonamides is 1. The fourth-order valence-corrected chi connectivity index (χ4v) is 4.61. The Balaban J connectivity index is 1.72. The Kier molecular flexibility index (Phi) is 6.91. The second-order valence-corrected chi connectivity index (χ2v) is 8.93. The molecule has 1 aliphatic rings. The minimum atomic E-state index is -4.00. The van der Waals surface area contributed by atoms with E-state index in [1.54, 1.807) is 12.1 Å². The number of hydrogen-bond acceptors (Lipinski definition) is 7. The van der Waals surface area contributed by atoms with Crippen LogP contribution in [0.5, 0.6) is 0 Å². The highest BCUT2D eigenvalue weighted by Crippen LogP contribution is 2.24. The van der Waals surface area contributed by atoms with E-state index in [1.807, 2.05) is 0 Å². The maximum absolute atomic E-state index is 13.1. The van der Waals surface area contributed by atoms with Gasteiger partial charge in [0.25, 0.3) is 0 Å². The molecule has 2 aromatic carbocycles. The second-order valence-electron chi connectivity index (χ2n) is 7.16. The van der Waals surface area contributed by atoms with Gasteiger partial charge in [-0.15, -0.1) is 0 Å². The van der Waals surface area contributed by atoms with Crippen molar-refractivity contribution in [3.63, 3.8) is 0 Å². The molecule has 3 rings (SSSR count). The smallest absolute Gasteiger partial charge is 0.337 e. The zero-order valence-electron chi connectivity index (χ0n) is 17.1. The lowest BCUT2D eigenvalue weighted by Gasteiger charge is -2.19. The number of nitrogens with one attached hydrogen (secondary N) is 1. The predicted molar refractivity (Wildman–Crippen MR) is 111 cm³/mol. The summed E-state index contributed by atoms with van der Waals surface area (Å²) in [6.45, 7) is 1.52. The Bertz CT molecular complexity index is 1040. The van der Waals surface area contributed by atoms with Crippen molar-refractivity contribution in [3.05, 3.63) is 59.4 Å². The van der Waals surface area contributed by atoms with E-state index in [0.717, 1.165) is 45.0 Å². The summed E-state index contributed by atoms with van der Waals surface area (Å²) in [6, 6.07) is 9.68. The van der Waals surface area contributed by atoms with Gasteiger partial charge in [-0.25, -0.2) is 27.1 Å². The van der Waals surface area contributed by atoms with Crippen molar-refractivity contribution in [1.29, 1.82) is 0 Å². The van der Waals surface area contributed by atoms with Gasteiger partial charge in [-0.1, -0.05) is 0 Å². The van der Waals surface area contributed by atoms with E-state index in [-0.39, 0.29) is 34.3 Å². The molecular weight excluding hydrogens is 427 g/mol. The molecule has 0 spiro atoms. The van der Waals surface area contributed by atoms with Gasteiger partial charge in [0, 0.05) is 25.3 Å². The van der Waals surface area contributed by atoms with Crippen molar-refractivity contribution in [2.75, 3.05) is 38.8 Å². The molecule has 166 valence electrons. The molecule has 1 N–H and O–H groups in total. The van der Waals surface area contributed by atoms with E-state index < -0.39 is 22.0 Å². The monoisotopic (exact) mass is 450 g/mol. The van der Waals surface area contributed by atoms with Crippen LogP contribution in [-0.4, -0.2) is 54.2 Å². The fraction of sp³-hybridized carbons (Fsp3) is 0.333. The van der Waals surface area contributed by atoms with Gasteiger partial charge in [-0.3, -0.25) is 0 Å². The molecule has 0 radical (unpaired) electrons. The van der Waals surface area contributed by atoms with Crippen LogP contribution in [-0.2, 0) is 19.5 Å². The lowest BCUT2D eigenvalue weighted by molar-refractivity contribution is 0.0598. The van der Waals surface area contributed by atoms with E-state index in [2.05, 4.69) is 19.1 Å². The molecule has 0 amide bonds. The first-order valence-corrected chi connectivity index (χ1v) is 11.0. The number of anilines is 1. The zero-order valence-corrected chi connectivity index (χ0v) is 17.9. The molecule has 0 aromatic heterocycles. The first kappa shape index (κ1) is 22.7. The van der Waals surface area contributed by atoms with Gasteiger partial charge in [-0.05, 0) is 54.8 Å². The van der Waals surface area contributed by atoms with Gasteiger partial charge in [-0.2, -0.15) is 0 Å². The second kappa shape index (κ2) is 9.44. The standard InChI is InChI=1S/C21H23FN2O6S/c1-29-20(25)15-9-16(21(26)30-2)11-19(10-15)31(27,28)23-12-14-7-8-24(13-14)18-5-3-17(22)4-6-18/h3-6,9-11,14,23H,7-8,12-13H2,1-2H3. The minimum absolute atomic E-state index is 0.0451. The summed E-state index contributed by atoms with van der Waals surface area (Å²) in [7, 11) is -1.68. The lowest BCUT2D eigenvalue weighted by Crippen LogP contribution is -2.31. The van der Waals surface area contributed by atoms with Crippen LogP contribution in [0.2, 0.25) is 0 Å². The molecule has 1 fully saturated rings. The van der Waals surface area contributed by atoms with Crippen molar-refractivity contribution in [2.24, 2.45) is 5.92 Å². The van der Waals surface area contributed by atoms with Crippen LogP contribution >= 0.6 is 0 Å². The third kappa shape index (κ3) is 5.39. The number of rotatable bonds is 7. The third-order valence-corrected chi connectivity index (χ3v) is 6.50. The van der Waals surface area contributed by atoms with Gasteiger partial charge >= 0.3 is 11.9 Å². The molecule has 1 aliphatic heterocycles. The van der Waals surface area contributed by atoms with Gasteiger partial charge in [0.1, 0.15) is 5.82 Å². The molecule has 0 aliphatic carbocycles. The highest BCUT2D eigenvalue weighted by atomic mass is 32.2. The first-order chi connectivity index (χ1) is 14.7. The van der Waals surface area contributed by atoms with Crippen LogP contribution in [0.3, 0.4) is 0 Å². The molecule has 0 saturated carbocycles. The summed E-state index contributed by atoms with van der Waals surface area (Å²) < 4.78 is 50.6. The van der Waals surface area contributed by atoms with E-state index in [1.165, 1.54) is 18.2 Å². The fourth-order valence-electron chi connectivity index (χ4n) is 3.42. The molecule has 1 saturated heterocycles. The van der Waals surface area contributed by atoms with Crippen LogP contribution < -0.4 is 9.62 Å². The highest BCUT2D eigenvalue weighted by molar-refractivity contribution is 7.89. The summed E-state index contributed by atoms with van der Waals surface area (Å²) in [5.41, 5.74) is 0.725. The number of ether oxygens (including phenoxy) is 2. The molecule has 1 heterocycles. The topological polar surface area (TPSA) is 102 Å². The largest absolute Gasteiger partial charge is 0.465 e. The number of hydrogen-bond donors (Lipinski definition) is 1. The van der Waals surface area contributed by atoms with Gasteiger partial charge in [0.2, 0.25) is 10.0 Å². The highest BCUT2D eigenvalue weighted by Gasteiger charge is 2.26. The Morgan fingerprint density at radius 3 is 2.19 bits per heavy atom. The Hall–Kier alpha value is -2.98. The van der Waals surface area contributed by atoms with Crippen molar-refractivity contribution in [2.45, 2.75) is 11.3 Å². The molecule has 2 aromatic rings. The van der Waals surface area contributed by atoms with Crippen LogP contribution in [0.1, 0.15) is 27.1 Å². The van der Waals surface area contributed by atoms with Crippen LogP contribution in [0.4, 0.5) is 10.1 Å². The summed E-state index contributed by atoms with van der Waals surface area (Å²) in [5.74, 6) is -1.81. The number of carbonyl (C=O) groups excluding carboxylic acids is 2. The number of esters is 2. The van der Waals surface area contributed by atoms with Gasteiger partial charge in [0.15, 0.2) is 0 Å². The van der Waals surface area contributed by atoms with E-state index >= 15 is 0 Å². The normalized spacial score (nSPS) is 16.2.